The van der Waals surface area contributed by atoms with E-state index in [2.05, 4.69) is 15.2 Å². The summed E-state index contributed by atoms with van der Waals surface area (Å²) in [4.78, 5) is 32.6. The predicted octanol–water partition coefficient (Wildman–Crippen LogP) is 1.39. The van der Waals surface area contributed by atoms with Crippen LogP contribution in [0.1, 0.15) is 46.4 Å². The average molecular weight is 318 g/mol. The lowest BCUT2D eigenvalue weighted by atomic mass is 10.1. The van der Waals surface area contributed by atoms with Crippen molar-refractivity contribution in [3.05, 3.63) is 29.6 Å². The summed E-state index contributed by atoms with van der Waals surface area (Å²) in [7, 11) is 4.00. The van der Waals surface area contributed by atoms with E-state index in [9.17, 15) is 9.59 Å². The first-order valence-corrected chi connectivity index (χ1v) is 8.25. The predicted molar refractivity (Wildman–Crippen MR) is 89.5 cm³/mol. The molecule has 1 fully saturated rings. The normalized spacial score (nSPS) is 14.8. The first-order chi connectivity index (χ1) is 11.1. The summed E-state index contributed by atoms with van der Waals surface area (Å²) < 4.78 is 0. The number of hydrogen-bond acceptors (Lipinski definition) is 4. The van der Waals surface area contributed by atoms with E-state index >= 15 is 0 Å². The van der Waals surface area contributed by atoms with Crippen LogP contribution >= 0.6 is 0 Å². The fraction of sp³-hybridized carbons (Fsp3) is 0.588. The lowest BCUT2D eigenvalue weighted by Crippen LogP contribution is -2.35. The number of carbonyl (C=O) groups excluding carboxylic acids is 2. The van der Waals surface area contributed by atoms with Crippen LogP contribution in [0.5, 0.6) is 0 Å². The maximum absolute atomic E-state index is 12.5. The monoisotopic (exact) mass is 318 g/mol. The fourth-order valence-corrected chi connectivity index (χ4v) is 2.66. The summed E-state index contributed by atoms with van der Waals surface area (Å²) in [6, 6.07) is 1.64. The molecule has 0 aliphatic carbocycles. The highest BCUT2D eigenvalue weighted by Gasteiger charge is 2.19. The zero-order chi connectivity index (χ0) is 16.7. The zero-order valence-electron chi connectivity index (χ0n) is 14.0. The highest BCUT2D eigenvalue weighted by molar-refractivity contribution is 5.99. The van der Waals surface area contributed by atoms with Crippen LogP contribution in [0.2, 0.25) is 0 Å². The van der Waals surface area contributed by atoms with E-state index in [1.807, 2.05) is 19.0 Å². The second kappa shape index (κ2) is 8.62. The van der Waals surface area contributed by atoms with E-state index in [0.717, 1.165) is 38.9 Å². The number of nitrogens with zero attached hydrogens (tertiary/aromatic N) is 3. The summed E-state index contributed by atoms with van der Waals surface area (Å²) >= 11 is 0. The minimum atomic E-state index is -0.176. The Balaban J connectivity index is 1.93. The van der Waals surface area contributed by atoms with Gasteiger partial charge >= 0.3 is 0 Å². The smallest absolute Gasteiger partial charge is 0.255 e. The fourth-order valence-electron chi connectivity index (χ4n) is 2.66. The third-order valence-corrected chi connectivity index (χ3v) is 3.96. The van der Waals surface area contributed by atoms with Crippen molar-refractivity contribution in [3.8, 4) is 0 Å². The third-order valence-electron chi connectivity index (χ3n) is 3.96. The Morgan fingerprint density at radius 1 is 1.17 bits per heavy atom. The molecule has 126 valence electrons. The molecule has 2 heterocycles. The van der Waals surface area contributed by atoms with Gasteiger partial charge in [-0.2, -0.15) is 0 Å². The number of aromatic nitrogens is 1. The quantitative estimate of drug-likeness (QED) is 0.805. The summed E-state index contributed by atoms with van der Waals surface area (Å²) in [5, 5.41) is 2.87. The van der Waals surface area contributed by atoms with Gasteiger partial charge in [0.25, 0.3) is 11.8 Å². The lowest BCUT2D eigenvalue weighted by molar-refractivity contribution is 0.0724. The molecule has 0 atom stereocenters. The van der Waals surface area contributed by atoms with Gasteiger partial charge in [-0.05, 0) is 52.4 Å². The summed E-state index contributed by atoms with van der Waals surface area (Å²) in [6.45, 7) is 3.12. The minimum absolute atomic E-state index is 0.0283. The Bertz CT molecular complexity index is 539. The van der Waals surface area contributed by atoms with E-state index in [4.69, 9.17) is 0 Å². The molecule has 23 heavy (non-hydrogen) atoms. The molecule has 1 aliphatic rings. The van der Waals surface area contributed by atoms with Crippen molar-refractivity contribution >= 4 is 11.8 Å². The molecule has 1 saturated heterocycles. The number of piperidine rings is 1. The molecular formula is C17H26N4O2. The van der Waals surface area contributed by atoms with Crippen molar-refractivity contribution in [1.82, 2.24) is 20.1 Å². The highest BCUT2D eigenvalue weighted by atomic mass is 16.2. The van der Waals surface area contributed by atoms with Crippen LogP contribution in [0.4, 0.5) is 0 Å². The largest absolute Gasteiger partial charge is 0.352 e. The topological polar surface area (TPSA) is 65.5 Å². The summed E-state index contributed by atoms with van der Waals surface area (Å²) in [5.74, 6) is -0.205. The van der Waals surface area contributed by atoms with Crippen LogP contribution in [0.3, 0.4) is 0 Å². The number of nitrogens with one attached hydrogen (secondary N) is 1. The van der Waals surface area contributed by atoms with Crippen LogP contribution < -0.4 is 5.32 Å². The molecule has 0 unspecified atom stereocenters. The molecule has 0 aromatic carbocycles. The Morgan fingerprint density at radius 3 is 2.57 bits per heavy atom. The number of rotatable bonds is 6. The number of likely N-dealkylation sites (tertiary alicyclic amines) is 1. The van der Waals surface area contributed by atoms with Gasteiger partial charge in [0.05, 0.1) is 11.1 Å². The highest BCUT2D eigenvalue weighted by Crippen LogP contribution is 2.13. The van der Waals surface area contributed by atoms with Crippen molar-refractivity contribution in [3.63, 3.8) is 0 Å². The average Bonchev–Trinajstić information content (AvgIpc) is 2.58. The molecule has 0 saturated carbocycles. The van der Waals surface area contributed by atoms with Gasteiger partial charge < -0.3 is 15.1 Å². The molecule has 0 spiro atoms. The van der Waals surface area contributed by atoms with Crippen molar-refractivity contribution in [1.29, 1.82) is 0 Å². The van der Waals surface area contributed by atoms with Crippen LogP contribution in [-0.2, 0) is 0 Å². The van der Waals surface area contributed by atoms with Gasteiger partial charge in [0.1, 0.15) is 0 Å². The minimum Gasteiger partial charge on any atom is -0.352 e. The first kappa shape index (κ1) is 17.4. The molecule has 1 aromatic heterocycles. The number of carbonyl (C=O) groups is 2. The molecule has 6 nitrogen and oxygen atoms in total. The maximum atomic E-state index is 12.5. The molecule has 2 amide bonds. The van der Waals surface area contributed by atoms with E-state index < -0.39 is 0 Å². The van der Waals surface area contributed by atoms with Gasteiger partial charge in [-0.3, -0.25) is 14.6 Å². The number of pyridine rings is 1. The molecule has 1 aliphatic heterocycles. The van der Waals surface area contributed by atoms with Crippen LogP contribution in [0, 0.1) is 0 Å². The molecule has 0 bridgehead atoms. The van der Waals surface area contributed by atoms with E-state index in [1.54, 1.807) is 12.3 Å². The molecule has 1 N–H and O–H groups in total. The van der Waals surface area contributed by atoms with E-state index in [1.165, 1.54) is 12.6 Å². The van der Waals surface area contributed by atoms with E-state index in [0.29, 0.717) is 17.7 Å². The first-order valence-electron chi connectivity index (χ1n) is 8.25. The van der Waals surface area contributed by atoms with Crippen LogP contribution in [0.15, 0.2) is 18.5 Å². The molecule has 6 heteroatoms. The molecule has 1 aromatic rings. The Labute approximate surface area is 137 Å². The molecular weight excluding hydrogens is 292 g/mol. The summed E-state index contributed by atoms with van der Waals surface area (Å²) in [6.07, 6.45) is 7.21. The lowest BCUT2D eigenvalue weighted by Gasteiger charge is -2.26. The molecule has 0 radical (unpaired) electrons. The maximum Gasteiger partial charge on any atom is 0.255 e. The van der Waals surface area contributed by atoms with Gasteiger partial charge in [-0.15, -0.1) is 0 Å². The van der Waals surface area contributed by atoms with Crippen molar-refractivity contribution in [2.24, 2.45) is 0 Å². The van der Waals surface area contributed by atoms with Gasteiger partial charge in [0.2, 0.25) is 0 Å². The third kappa shape index (κ3) is 5.32. The van der Waals surface area contributed by atoms with Gasteiger partial charge in [0.15, 0.2) is 0 Å². The Kier molecular flexibility index (Phi) is 6.52. The molecule has 2 rings (SSSR count). The van der Waals surface area contributed by atoms with Crippen molar-refractivity contribution < 1.29 is 9.59 Å². The van der Waals surface area contributed by atoms with Crippen molar-refractivity contribution in [2.75, 3.05) is 40.3 Å². The second-order valence-electron chi connectivity index (χ2n) is 6.23. The van der Waals surface area contributed by atoms with Crippen molar-refractivity contribution in [2.45, 2.75) is 25.7 Å². The SMILES string of the molecule is CN(C)CCCNC(=O)c1cncc(C(=O)N2CCCCC2)c1. The van der Waals surface area contributed by atoms with E-state index in [-0.39, 0.29) is 11.8 Å². The number of hydrogen-bond donors (Lipinski definition) is 1. The summed E-state index contributed by atoms with van der Waals surface area (Å²) in [5.41, 5.74) is 0.936. The van der Waals surface area contributed by atoms with Gasteiger partial charge in [0, 0.05) is 32.0 Å². The van der Waals surface area contributed by atoms with Gasteiger partial charge in [-0.25, -0.2) is 0 Å². The Hall–Kier alpha value is -1.95. The standard InChI is InChI=1S/C17H26N4O2/c1-20(2)8-6-7-19-16(22)14-11-15(13-18-12-14)17(23)21-9-4-3-5-10-21/h11-13H,3-10H2,1-2H3,(H,19,22). The van der Waals surface area contributed by atoms with Crippen LogP contribution in [0.25, 0.3) is 0 Å². The van der Waals surface area contributed by atoms with Crippen LogP contribution in [-0.4, -0.2) is 66.9 Å². The Morgan fingerprint density at radius 2 is 1.87 bits per heavy atom. The number of amides is 2. The van der Waals surface area contributed by atoms with Gasteiger partial charge in [-0.1, -0.05) is 0 Å². The second-order valence-corrected chi connectivity index (χ2v) is 6.23. The zero-order valence-corrected chi connectivity index (χ0v) is 14.0.